The van der Waals surface area contributed by atoms with Crippen LogP contribution in [-0.4, -0.2) is 13.0 Å². The number of carbonyl (C=O) groups is 1. The van der Waals surface area contributed by atoms with Gasteiger partial charge in [0.05, 0.1) is 12.8 Å². The van der Waals surface area contributed by atoms with Gasteiger partial charge in [0.25, 0.3) is 0 Å². The Morgan fingerprint density at radius 1 is 1.40 bits per heavy atom. The number of amides is 1. The molecule has 1 amide bonds. The van der Waals surface area contributed by atoms with Crippen molar-refractivity contribution < 1.29 is 9.53 Å². The first kappa shape index (κ1) is 17.0. The van der Waals surface area contributed by atoms with Crippen LogP contribution in [-0.2, 0) is 4.79 Å². The standard InChI is InChI=1S/C16H24BrNO2/c1-11(10-16(2,3)4)8-15(19)18-13-9-12(17)6-7-14(13)20-5/h6-7,9,11H,8,10H2,1-5H3,(H,18,19). The van der Waals surface area contributed by atoms with Crippen LogP contribution >= 0.6 is 15.9 Å². The predicted molar refractivity (Wildman–Crippen MR) is 87.2 cm³/mol. The average Bonchev–Trinajstić information content (AvgIpc) is 2.26. The second kappa shape index (κ2) is 7.11. The molecular formula is C16H24BrNO2. The molecule has 0 spiro atoms. The van der Waals surface area contributed by atoms with Gasteiger partial charge >= 0.3 is 0 Å². The number of carbonyl (C=O) groups excluding carboxylic acids is 1. The number of hydrogen-bond acceptors (Lipinski definition) is 2. The quantitative estimate of drug-likeness (QED) is 0.830. The third kappa shape index (κ3) is 5.95. The summed E-state index contributed by atoms with van der Waals surface area (Å²) in [7, 11) is 1.60. The molecule has 0 radical (unpaired) electrons. The highest BCUT2D eigenvalue weighted by Gasteiger charge is 2.18. The molecule has 0 saturated heterocycles. The fraction of sp³-hybridized carbons (Fsp3) is 0.562. The molecule has 0 saturated carbocycles. The summed E-state index contributed by atoms with van der Waals surface area (Å²) in [5, 5.41) is 2.93. The van der Waals surface area contributed by atoms with Crippen LogP contribution in [0.2, 0.25) is 0 Å². The maximum atomic E-state index is 12.1. The Kier molecular flexibility index (Phi) is 6.06. The van der Waals surface area contributed by atoms with Crippen LogP contribution in [0.4, 0.5) is 5.69 Å². The van der Waals surface area contributed by atoms with Crippen molar-refractivity contribution in [3.63, 3.8) is 0 Å². The number of rotatable bonds is 5. The lowest BCUT2D eigenvalue weighted by Crippen LogP contribution is -2.19. The normalized spacial score (nSPS) is 12.9. The molecule has 1 unspecified atom stereocenters. The molecule has 1 N–H and O–H groups in total. The molecule has 0 fully saturated rings. The van der Waals surface area contributed by atoms with Crippen molar-refractivity contribution in [2.45, 2.75) is 40.5 Å². The van der Waals surface area contributed by atoms with E-state index in [1.54, 1.807) is 7.11 Å². The molecule has 3 nitrogen and oxygen atoms in total. The molecule has 4 heteroatoms. The number of ether oxygens (including phenoxy) is 1. The van der Waals surface area contributed by atoms with Crippen LogP contribution in [0.25, 0.3) is 0 Å². The van der Waals surface area contributed by atoms with Crippen LogP contribution in [0.15, 0.2) is 22.7 Å². The highest BCUT2D eigenvalue weighted by Crippen LogP contribution is 2.29. The van der Waals surface area contributed by atoms with Crippen molar-refractivity contribution in [3.05, 3.63) is 22.7 Å². The van der Waals surface area contributed by atoms with Gasteiger partial charge in [-0.05, 0) is 36.0 Å². The maximum Gasteiger partial charge on any atom is 0.224 e. The number of nitrogens with one attached hydrogen (secondary N) is 1. The zero-order valence-electron chi connectivity index (χ0n) is 12.9. The molecule has 1 rings (SSSR count). The van der Waals surface area contributed by atoms with Crippen molar-refractivity contribution in [3.8, 4) is 5.75 Å². The highest BCUT2D eigenvalue weighted by atomic mass is 79.9. The van der Waals surface area contributed by atoms with Gasteiger partial charge in [-0.15, -0.1) is 0 Å². The molecule has 1 aromatic carbocycles. The van der Waals surface area contributed by atoms with E-state index in [-0.39, 0.29) is 11.3 Å². The first-order valence-corrected chi connectivity index (χ1v) is 7.64. The van der Waals surface area contributed by atoms with E-state index < -0.39 is 0 Å². The number of halogens is 1. The molecule has 112 valence electrons. The summed E-state index contributed by atoms with van der Waals surface area (Å²) < 4.78 is 6.16. The maximum absolute atomic E-state index is 12.1. The van der Waals surface area contributed by atoms with Crippen LogP contribution in [0.3, 0.4) is 0 Å². The van der Waals surface area contributed by atoms with Gasteiger partial charge < -0.3 is 10.1 Å². The Hall–Kier alpha value is -1.03. The Bertz CT molecular complexity index is 466. The van der Waals surface area contributed by atoms with Crippen molar-refractivity contribution in [2.24, 2.45) is 11.3 Å². The van der Waals surface area contributed by atoms with Crippen molar-refractivity contribution in [1.29, 1.82) is 0 Å². The van der Waals surface area contributed by atoms with Crippen molar-refractivity contribution in [1.82, 2.24) is 0 Å². The van der Waals surface area contributed by atoms with E-state index >= 15 is 0 Å². The number of hydrogen-bond donors (Lipinski definition) is 1. The van der Waals surface area contributed by atoms with E-state index in [2.05, 4.69) is 48.9 Å². The van der Waals surface area contributed by atoms with E-state index in [9.17, 15) is 4.79 Å². The molecule has 1 aromatic rings. The summed E-state index contributed by atoms with van der Waals surface area (Å²) >= 11 is 3.40. The van der Waals surface area contributed by atoms with E-state index in [0.29, 0.717) is 23.8 Å². The minimum atomic E-state index is 0.0261. The third-order valence-electron chi connectivity index (χ3n) is 2.93. The molecule has 1 atom stereocenters. The Morgan fingerprint density at radius 3 is 2.60 bits per heavy atom. The van der Waals surface area contributed by atoms with Gasteiger partial charge in [0.15, 0.2) is 0 Å². The van der Waals surface area contributed by atoms with Gasteiger partial charge in [0.2, 0.25) is 5.91 Å². The predicted octanol–water partition coefficient (Wildman–Crippen LogP) is 4.86. The molecule has 0 aliphatic heterocycles. The van der Waals surface area contributed by atoms with Crippen molar-refractivity contribution in [2.75, 3.05) is 12.4 Å². The second-order valence-corrected chi connectivity index (χ2v) is 7.38. The van der Waals surface area contributed by atoms with E-state index in [4.69, 9.17) is 4.74 Å². The van der Waals surface area contributed by atoms with Gasteiger partial charge in [-0.3, -0.25) is 4.79 Å². The first-order chi connectivity index (χ1) is 9.21. The van der Waals surface area contributed by atoms with E-state index in [0.717, 1.165) is 10.9 Å². The summed E-state index contributed by atoms with van der Waals surface area (Å²) in [5.41, 5.74) is 0.947. The molecule has 0 bridgehead atoms. The minimum absolute atomic E-state index is 0.0261. The molecule has 0 aliphatic carbocycles. The summed E-state index contributed by atoms with van der Waals surface area (Å²) in [4.78, 5) is 12.1. The number of methoxy groups -OCH3 is 1. The topological polar surface area (TPSA) is 38.3 Å². The highest BCUT2D eigenvalue weighted by molar-refractivity contribution is 9.10. The first-order valence-electron chi connectivity index (χ1n) is 6.84. The van der Waals surface area contributed by atoms with Gasteiger partial charge in [-0.2, -0.15) is 0 Å². The third-order valence-corrected chi connectivity index (χ3v) is 3.42. The minimum Gasteiger partial charge on any atom is -0.495 e. The summed E-state index contributed by atoms with van der Waals surface area (Å²) in [5.74, 6) is 1.05. The van der Waals surface area contributed by atoms with Gasteiger partial charge in [0.1, 0.15) is 5.75 Å². The average molecular weight is 342 g/mol. The SMILES string of the molecule is COc1ccc(Br)cc1NC(=O)CC(C)CC(C)(C)C. The van der Waals surface area contributed by atoms with Crippen molar-refractivity contribution >= 4 is 27.5 Å². The monoisotopic (exact) mass is 341 g/mol. The zero-order chi connectivity index (χ0) is 15.3. The van der Waals surface area contributed by atoms with Crippen LogP contribution in [0, 0.1) is 11.3 Å². The summed E-state index contributed by atoms with van der Waals surface area (Å²) in [6, 6.07) is 5.57. The van der Waals surface area contributed by atoms with E-state index in [1.165, 1.54) is 0 Å². The lowest BCUT2D eigenvalue weighted by molar-refractivity contribution is -0.117. The summed E-state index contributed by atoms with van der Waals surface area (Å²) in [6.45, 7) is 8.69. The fourth-order valence-corrected chi connectivity index (χ4v) is 2.77. The molecular weight excluding hydrogens is 318 g/mol. The second-order valence-electron chi connectivity index (χ2n) is 6.47. The van der Waals surface area contributed by atoms with Gasteiger partial charge in [0, 0.05) is 10.9 Å². The molecule has 20 heavy (non-hydrogen) atoms. The van der Waals surface area contributed by atoms with Gasteiger partial charge in [-0.1, -0.05) is 43.6 Å². The largest absolute Gasteiger partial charge is 0.495 e. The van der Waals surface area contributed by atoms with E-state index in [1.807, 2.05) is 18.2 Å². The van der Waals surface area contributed by atoms with Gasteiger partial charge in [-0.25, -0.2) is 0 Å². The zero-order valence-corrected chi connectivity index (χ0v) is 14.5. The lowest BCUT2D eigenvalue weighted by Gasteiger charge is -2.23. The number of benzene rings is 1. The summed E-state index contributed by atoms with van der Waals surface area (Å²) in [6.07, 6.45) is 1.54. The van der Waals surface area contributed by atoms with Crippen LogP contribution in [0.5, 0.6) is 5.75 Å². The molecule has 0 aliphatic rings. The number of anilines is 1. The molecule has 0 aromatic heterocycles. The Morgan fingerprint density at radius 2 is 2.05 bits per heavy atom. The molecule has 0 heterocycles. The van der Waals surface area contributed by atoms with Crippen LogP contribution in [0.1, 0.15) is 40.5 Å². The lowest BCUT2D eigenvalue weighted by atomic mass is 9.84. The fourth-order valence-electron chi connectivity index (χ4n) is 2.41. The van der Waals surface area contributed by atoms with Crippen LogP contribution < -0.4 is 10.1 Å². The smallest absolute Gasteiger partial charge is 0.224 e. The Labute approximate surface area is 130 Å². The Balaban J connectivity index is 2.65.